The number of aliphatic hydroxyl groups excluding tert-OH is 1. The van der Waals surface area contributed by atoms with Crippen LogP contribution in [0.25, 0.3) is 0 Å². The maximum Gasteiger partial charge on any atom is 0.157 e. The van der Waals surface area contributed by atoms with Gasteiger partial charge in [-0.2, -0.15) is 0 Å². The van der Waals surface area contributed by atoms with Gasteiger partial charge < -0.3 is 14.6 Å². The zero-order chi connectivity index (χ0) is 10.9. The molecule has 1 rings (SSSR count). The summed E-state index contributed by atoms with van der Waals surface area (Å²) in [6.45, 7) is 1.52. The van der Waals surface area contributed by atoms with E-state index in [4.69, 9.17) is 21.0 Å². The summed E-state index contributed by atoms with van der Waals surface area (Å²) >= 11 is 0. The summed E-state index contributed by atoms with van der Waals surface area (Å²) in [6, 6.07) is 0. The summed E-state index contributed by atoms with van der Waals surface area (Å²) in [6.07, 6.45) is 10.3. The van der Waals surface area contributed by atoms with Crippen molar-refractivity contribution < 1.29 is 14.6 Å². The zero-order valence-electron chi connectivity index (χ0n) is 9.15. The minimum absolute atomic E-state index is 0.00342. The molecular weight excluding hydrogens is 192 g/mol. The molecule has 1 aliphatic heterocycles. The number of hydrogen-bond acceptors (Lipinski definition) is 3. The van der Waals surface area contributed by atoms with E-state index in [0.29, 0.717) is 13.0 Å². The van der Waals surface area contributed by atoms with E-state index in [-0.39, 0.29) is 6.29 Å². The summed E-state index contributed by atoms with van der Waals surface area (Å²) in [5.74, 6) is 2.30. The fraction of sp³-hybridized carbons (Fsp3) is 0.833. The topological polar surface area (TPSA) is 38.7 Å². The number of rotatable bonds is 6. The SMILES string of the molecule is C#CC(O)CCCCOC1CCCCO1. The summed E-state index contributed by atoms with van der Waals surface area (Å²) in [7, 11) is 0. The van der Waals surface area contributed by atoms with E-state index in [0.717, 1.165) is 32.3 Å². The maximum absolute atomic E-state index is 9.10. The summed E-state index contributed by atoms with van der Waals surface area (Å²) in [5.41, 5.74) is 0. The normalized spacial score (nSPS) is 23.3. The molecule has 3 nitrogen and oxygen atoms in total. The van der Waals surface area contributed by atoms with Crippen LogP contribution in [0.2, 0.25) is 0 Å². The average Bonchev–Trinajstić information content (AvgIpc) is 2.29. The number of aliphatic hydroxyl groups is 1. The standard InChI is InChI=1S/C12H20O3/c1-2-11(13)7-3-5-9-14-12-8-4-6-10-15-12/h1,11-13H,3-10H2. The quantitative estimate of drug-likeness (QED) is 0.538. The molecule has 1 saturated heterocycles. The first-order valence-corrected chi connectivity index (χ1v) is 5.70. The van der Waals surface area contributed by atoms with Crippen molar-refractivity contribution in [2.75, 3.05) is 13.2 Å². The van der Waals surface area contributed by atoms with Gasteiger partial charge in [-0.05, 0) is 38.5 Å². The second-order valence-corrected chi connectivity index (χ2v) is 3.85. The van der Waals surface area contributed by atoms with Crippen LogP contribution < -0.4 is 0 Å². The van der Waals surface area contributed by atoms with Gasteiger partial charge in [0.15, 0.2) is 6.29 Å². The number of hydrogen-bond donors (Lipinski definition) is 1. The van der Waals surface area contributed by atoms with Crippen LogP contribution in [0.4, 0.5) is 0 Å². The van der Waals surface area contributed by atoms with Gasteiger partial charge in [0.2, 0.25) is 0 Å². The van der Waals surface area contributed by atoms with Crippen LogP contribution in [0.5, 0.6) is 0 Å². The fourth-order valence-corrected chi connectivity index (χ4v) is 1.58. The molecule has 2 unspecified atom stereocenters. The Morgan fingerprint density at radius 3 is 3.00 bits per heavy atom. The Morgan fingerprint density at radius 1 is 1.47 bits per heavy atom. The van der Waals surface area contributed by atoms with Gasteiger partial charge in [-0.25, -0.2) is 0 Å². The maximum atomic E-state index is 9.10. The molecule has 0 aromatic carbocycles. The number of unbranched alkanes of at least 4 members (excludes halogenated alkanes) is 1. The molecule has 0 radical (unpaired) electrons. The van der Waals surface area contributed by atoms with Gasteiger partial charge >= 0.3 is 0 Å². The lowest BCUT2D eigenvalue weighted by Gasteiger charge is -2.22. The summed E-state index contributed by atoms with van der Waals surface area (Å²) in [5, 5.41) is 9.10. The van der Waals surface area contributed by atoms with Gasteiger partial charge in [0.1, 0.15) is 6.10 Å². The van der Waals surface area contributed by atoms with Crippen molar-refractivity contribution in [2.24, 2.45) is 0 Å². The molecule has 0 aliphatic carbocycles. The van der Waals surface area contributed by atoms with Crippen molar-refractivity contribution in [1.82, 2.24) is 0 Å². The molecule has 1 N–H and O–H groups in total. The van der Waals surface area contributed by atoms with Gasteiger partial charge in [0.05, 0.1) is 0 Å². The molecule has 1 aliphatic rings. The van der Waals surface area contributed by atoms with Crippen LogP contribution in [0.1, 0.15) is 38.5 Å². The van der Waals surface area contributed by atoms with Gasteiger partial charge in [0, 0.05) is 13.2 Å². The van der Waals surface area contributed by atoms with Crippen molar-refractivity contribution in [2.45, 2.75) is 50.9 Å². The van der Waals surface area contributed by atoms with Gasteiger partial charge in [-0.1, -0.05) is 5.92 Å². The minimum atomic E-state index is -0.601. The van der Waals surface area contributed by atoms with E-state index < -0.39 is 6.10 Å². The van der Waals surface area contributed by atoms with Gasteiger partial charge in [-0.3, -0.25) is 0 Å². The molecule has 1 fully saturated rings. The highest BCUT2D eigenvalue weighted by Crippen LogP contribution is 2.14. The van der Waals surface area contributed by atoms with Crippen LogP contribution in [0.3, 0.4) is 0 Å². The van der Waals surface area contributed by atoms with Gasteiger partial charge in [0.25, 0.3) is 0 Å². The number of ether oxygens (including phenoxy) is 2. The lowest BCUT2D eigenvalue weighted by atomic mass is 10.1. The molecule has 86 valence electrons. The van der Waals surface area contributed by atoms with Crippen LogP contribution in [0.15, 0.2) is 0 Å². The highest BCUT2D eigenvalue weighted by molar-refractivity contribution is 4.92. The van der Waals surface area contributed by atoms with E-state index in [1.807, 2.05) is 0 Å². The van der Waals surface area contributed by atoms with Crippen molar-refractivity contribution in [3.63, 3.8) is 0 Å². The predicted molar refractivity (Wildman–Crippen MR) is 58.2 cm³/mol. The van der Waals surface area contributed by atoms with E-state index in [1.165, 1.54) is 6.42 Å². The van der Waals surface area contributed by atoms with Crippen molar-refractivity contribution in [3.05, 3.63) is 0 Å². The third kappa shape index (κ3) is 5.78. The van der Waals surface area contributed by atoms with E-state index >= 15 is 0 Å². The molecule has 15 heavy (non-hydrogen) atoms. The van der Waals surface area contributed by atoms with Crippen LogP contribution in [-0.4, -0.2) is 30.7 Å². The second-order valence-electron chi connectivity index (χ2n) is 3.85. The Kier molecular flexibility index (Phi) is 6.42. The Labute approximate surface area is 91.8 Å². The van der Waals surface area contributed by atoms with Crippen molar-refractivity contribution >= 4 is 0 Å². The van der Waals surface area contributed by atoms with Crippen molar-refractivity contribution in [3.8, 4) is 12.3 Å². The van der Waals surface area contributed by atoms with Crippen LogP contribution >= 0.6 is 0 Å². The molecule has 0 aromatic rings. The van der Waals surface area contributed by atoms with Crippen molar-refractivity contribution in [1.29, 1.82) is 0 Å². The highest BCUT2D eigenvalue weighted by Gasteiger charge is 2.13. The highest BCUT2D eigenvalue weighted by atomic mass is 16.7. The molecule has 0 aromatic heterocycles. The van der Waals surface area contributed by atoms with E-state index in [9.17, 15) is 0 Å². The lowest BCUT2D eigenvalue weighted by molar-refractivity contribution is -0.162. The first-order valence-electron chi connectivity index (χ1n) is 5.70. The van der Waals surface area contributed by atoms with E-state index in [2.05, 4.69) is 5.92 Å². The predicted octanol–water partition coefficient (Wildman–Crippen LogP) is 1.69. The Morgan fingerprint density at radius 2 is 2.33 bits per heavy atom. The third-order valence-electron chi connectivity index (χ3n) is 2.51. The molecule has 0 bridgehead atoms. The van der Waals surface area contributed by atoms with Crippen LogP contribution in [0, 0.1) is 12.3 Å². The second kappa shape index (κ2) is 7.70. The summed E-state index contributed by atoms with van der Waals surface area (Å²) in [4.78, 5) is 0. The molecular formula is C12H20O3. The lowest BCUT2D eigenvalue weighted by Crippen LogP contribution is -2.22. The first-order chi connectivity index (χ1) is 7.33. The van der Waals surface area contributed by atoms with Gasteiger partial charge in [-0.15, -0.1) is 6.42 Å². The zero-order valence-corrected chi connectivity index (χ0v) is 9.15. The summed E-state index contributed by atoms with van der Waals surface area (Å²) < 4.78 is 11.0. The largest absolute Gasteiger partial charge is 0.380 e. The Balaban J connectivity index is 1.90. The number of terminal acetylenes is 1. The minimum Gasteiger partial charge on any atom is -0.380 e. The smallest absolute Gasteiger partial charge is 0.157 e. The molecule has 1 heterocycles. The monoisotopic (exact) mass is 212 g/mol. The Bertz CT molecular complexity index is 192. The molecule has 0 saturated carbocycles. The van der Waals surface area contributed by atoms with E-state index in [1.54, 1.807) is 0 Å². The Hall–Kier alpha value is -0.560. The molecule has 3 heteroatoms. The average molecular weight is 212 g/mol. The first kappa shape index (κ1) is 12.5. The van der Waals surface area contributed by atoms with Crippen LogP contribution in [-0.2, 0) is 9.47 Å². The fourth-order valence-electron chi connectivity index (χ4n) is 1.58. The third-order valence-corrected chi connectivity index (χ3v) is 2.51. The molecule has 0 spiro atoms. The molecule has 0 amide bonds. The molecule has 2 atom stereocenters.